The largest absolute Gasteiger partial charge is 0.396 e. The summed E-state index contributed by atoms with van der Waals surface area (Å²) in [7, 11) is -2.74. The first kappa shape index (κ1) is 12.3. The number of hydrogen-bond donors (Lipinski definition) is 2. The van der Waals surface area contributed by atoms with Gasteiger partial charge in [-0.25, -0.2) is 8.42 Å². The van der Waals surface area contributed by atoms with E-state index < -0.39 is 9.84 Å². The lowest BCUT2D eigenvalue weighted by atomic mass is 10.0. The molecule has 16 heavy (non-hydrogen) atoms. The molecule has 0 radical (unpaired) electrons. The second-order valence-corrected chi connectivity index (χ2v) is 7.58. The molecule has 0 aromatic carbocycles. The van der Waals surface area contributed by atoms with Gasteiger partial charge in [0.1, 0.15) is 9.84 Å². The Morgan fingerprint density at radius 2 is 1.88 bits per heavy atom. The molecule has 0 atom stereocenters. The number of aliphatic hydroxyl groups excluding tert-OH is 1. The predicted molar refractivity (Wildman–Crippen MR) is 63.0 cm³/mol. The van der Waals surface area contributed by atoms with E-state index in [1.54, 1.807) is 0 Å². The Bertz CT molecular complexity index is 321. The summed E-state index contributed by atoms with van der Waals surface area (Å²) < 4.78 is 22.5. The van der Waals surface area contributed by atoms with Gasteiger partial charge in [0.2, 0.25) is 0 Å². The molecule has 0 spiro atoms. The molecule has 1 saturated heterocycles. The van der Waals surface area contributed by atoms with Crippen molar-refractivity contribution in [3.63, 3.8) is 0 Å². The maximum atomic E-state index is 11.3. The SMILES string of the molecule is O=S1(=O)CCC(NCC2(CCO)CC2)CC1. The highest BCUT2D eigenvalue weighted by molar-refractivity contribution is 7.91. The van der Waals surface area contributed by atoms with Gasteiger partial charge in [-0.15, -0.1) is 0 Å². The highest BCUT2D eigenvalue weighted by atomic mass is 32.2. The van der Waals surface area contributed by atoms with E-state index in [0.717, 1.165) is 25.8 Å². The molecular formula is C11H21NO3S. The quantitative estimate of drug-likeness (QED) is 0.734. The lowest BCUT2D eigenvalue weighted by molar-refractivity contribution is 0.241. The van der Waals surface area contributed by atoms with Crippen LogP contribution in [0.15, 0.2) is 0 Å². The summed E-state index contributed by atoms with van der Waals surface area (Å²) in [4.78, 5) is 0. The molecule has 1 saturated carbocycles. The molecule has 0 aromatic heterocycles. The summed E-state index contributed by atoms with van der Waals surface area (Å²) in [5.74, 6) is 0.662. The van der Waals surface area contributed by atoms with Crippen LogP contribution < -0.4 is 5.32 Å². The van der Waals surface area contributed by atoms with E-state index in [9.17, 15) is 8.42 Å². The lowest BCUT2D eigenvalue weighted by Gasteiger charge is -2.25. The van der Waals surface area contributed by atoms with E-state index in [-0.39, 0.29) is 6.61 Å². The maximum Gasteiger partial charge on any atom is 0.150 e. The van der Waals surface area contributed by atoms with Crippen molar-refractivity contribution in [1.29, 1.82) is 0 Å². The van der Waals surface area contributed by atoms with Crippen molar-refractivity contribution in [2.75, 3.05) is 24.7 Å². The van der Waals surface area contributed by atoms with Gasteiger partial charge in [-0.2, -0.15) is 0 Å². The smallest absolute Gasteiger partial charge is 0.150 e. The summed E-state index contributed by atoms with van der Waals surface area (Å²) in [5, 5.41) is 12.4. The summed E-state index contributed by atoms with van der Waals surface area (Å²) in [6.07, 6.45) is 4.78. The third-order valence-corrected chi connectivity index (χ3v) is 5.64. The van der Waals surface area contributed by atoms with Crippen molar-refractivity contribution in [3.8, 4) is 0 Å². The van der Waals surface area contributed by atoms with Gasteiger partial charge < -0.3 is 10.4 Å². The number of nitrogens with one attached hydrogen (secondary N) is 1. The maximum absolute atomic E-state index is 11.3. The molecule has 0 aromatic rings. The average Bonchev–Trinajstić information content (AvgIpc) is 2.98. The second kappa shape index (κ2) is 4.63. The number of rotatable bonds is 5. The van der Waals surface area contributed by atoms with Gasteiger partial charge in [-0.1, -0.05) is 0 Å². The molecule has 2 N–H and O–H groups in total. The van der Waals surface area contributed by atoms with Crippen LogP contribution in [0.4, 0.5) is 0 Å². The van der Waals surface area contributed by atoms with E-state index in [4.69, 9.17) is 5.11 Å². The lowest BCUT2D eigenvalue weighted by Crippen LogP contribution is -2.40. The van der Waals surface area contributed by atoms with Crippen molar-refractivity contribution in [2.24, 2.45) is 5.41 Å². The van der Waals surface area contributed by atoms with Gasteiger partial charge in [0.25, 0.3) is 0 Å². The molecule has 2 rings (SSSR count). The average molecular weight is 247 g/mol. The van der Waals surface area contributed by atoms with E-state index in [1.165, 1.54) is 12.8 Å². The van der Waals surface area contributed by atoms with Crippen molar-refractivity contribution >= 4 is 9.84 Å². The Kier molecular flexibility index (Phi) is 3.56. The van der Waals surface area contributed by atoms with Gasteiger partial charge in [-0.3, -0.25) is 0 Å². The molecule has 5 heteroatoms. The Hall–Kier alpha value is -0.130. The zero-order valence-corrected chi connectivity index (χ0v) is 10.4. The molecular weight excluding hydrogens is 226 g/mol. The fraction of sp³-hybridized carbons (Fsp3) is 1.00. The van der Waals surface area contributed by atoms with Gasteiger partial charge >= 0.3 is 0 Å². The summed E-state index contributed by atoms with van der Waals surface area (Å²) in [6, 6.07) is 0.361. The van der Waals surface area contributed by atoms with Crippen molar-refractivity contribution < 1.29 is 13.5 Å². The van der Waals surface area contributed by atoms with Crippen LogP contribution in [-0.2, 0) is 9.84 Å². The van der Waals surface area contributed by atoms with Crippen LogP contribution in [0.2, 0.25) is 0 Å². The molecule has 2 aliphatic rings. The monoisotopic (exact) mass is 247 g/mol. The topological polar surface area (TPSA) is 66.4 Å². The van der Waals surface area contributed by atoms with E-state index in [2.05, 4.69) is 5.32 Å². The Labute approximate surface area is 97.3 Å². The Morgan fingerprint density at radius 1 is 1.25 bits per heavy atom. The van der Waals surface area contributed by atoms with Crippen LogP contribution in [0.25, 0.3) is 0 Å². The molecule has 1 heterocycles. The normalized spacial score (nSPS) is 27.8. The zero-order valence-electron chi connectivity index (χ0n) is 9.61. The standard InChI is InChI=1S/C11H21NO3S/c13-6-5-11(3-4-11)9-12-10-1-7-16(14,15)8-2-10/h10,12-13H,1-9H2. The van der Waals surface area contributed by atoms with Crippen LogP contribution in [-0.4, -0.2) is 44.2 Å². The fourth-order valence-electron chi connectivity index (χ4n) is 2.38. The zero-order chi connectivity index (χ0) is 11.6. The van der Waals surface area contributed by atoms with Crippen LogP contribution in [0.1, 0.15) is 32.1 Å². The van der Waals surface area contributed by atoms with Gasteiger partial charge in [0, 0.05) is 19.2 Å². The molecule has 1 aliphatic heterocycles. The molecule has 4 nitrogen and oxygen atoms in total. The third kappa shape index (κ3) is 3.18. The van der Waals surface area contributed by atoms with Crippen LogP contribution >= 0.6 is 0 Å². The van der Waals surface area contributed by atoms with Crippen molar-refractivity contribution in [1.82, 2.24) is 5.32 Å². The minimum atomic E-state index is -2.74. The molecule has 94 valence electrons. The minimum Gasteiger partial charge on any atom is -0.396 e. The van der Waals surface area contributed by atoms with Crippen LogP contribution in [0, 0.1) is 5.41 Å². The first-order valence-corrected chi connectivity index (χ1v) is 7.92. The first-order chi connectivity index (χ1) is 7.55. The van der Waals surface area contributed by atoms with Gasteiger partial charge in [0.15, 0.2) is 0 Å². The van der Waals surface area contributed by atoms with Gasteiger partial charge in [-0.05, 0) is 37.5 Å². The fourth-order valence-corrected chi connectivity index (χ4v) is 3.88. The highest BCUT2D eigenvalue weighted by Crippen LogP contribution is 2.48. The Balaban J connectivity index is 1.72. The first-order valence-electron chi connectivity index (χ1n) is 6.10. The van der Waals surface area contributed by atoms with E-state index in [0.29, 0.717) is 23.0 Å². The van der Waals surface area contributed by atoms with Crippen LogP contribution in [0.3, 0.4) is 0 Å². The number of sulfone groups is 1. The minimum absolute atomic E-state index is 0.265. The number of aliphatic hydroxyl groups is 1. The molecule has 1 aliphatic carbocycles. The van der Waals surface area contributed by atoms with E-state index in [1.807, 2.05) is 0 Å². The molecule has 0 unspecified atom stereocenters. The summed E-state index contributed by atoms with van der Waals surface area (Å²) >= 11 is 0. The Morgan fingerprint density at radius 3 is 2.38 bits per heavy atom. The highest BCUT2D eigenvalue weighted by Gasteiger charge is 2.41. The molecule has 0 amide bonds. The second-order valence-electron chi connectivity index (χ2n) is 5.28. The summed E-state index contributed by atoms with van der Waals surface area (Å²) in [6.45, 7) is 1.21. The number of hydrogen-bond acceptors (Lipinski definition) is 4. The summed E-state index contributed by atoms with van der Waals surface area (Å²) in [5.41, 5.74) is 0.324. The van der Waals surface area contributed by atoms with Crippen molar-refractivity contribution in [2.45, 2.75) is 38.1 Å². The van der Waals surface area contributed by atoms with Crippen LogP contribution in [0.5, 0.6) is 0 Å². The molecule has 2 fully saturated rings. The predicted octanol–water partition coefficient (Wildman–Crippen LogP) is 0.316. The van der Waals surface area contributed by atoms with Gasteiger partial charge in [0.05, 0.1) is 11.5 Å². The third-order valence-electron chi connectivity index (χ3n) is 3.92. The van der Waals surface area contributed by atoms with E-state index >= 15 is 0 Å². The molecule has 0 bridgehead atoms. The van der Waals surface area contributed by atoms with Crippen molar-refractivity contribution in [3.05, 3.63) is 0 Å².